The molecule has 68 heavy (non-hydrogen) atoms. The monoisotopic (exact) mass is 940 g/mol. The van der Waals surface area contributed by atoms with Crippen molar-refractivity contribution >= 4 is 29.8 Å². The number of nitrogens with two attached hydrogens (primary N) is 10. The van der Waals surface area contributed by atoms with Crippen molar-refractivity contribution in [1.29, 1.82) is 0 Å². The molecule has 20 N–H and O–H groups in total. The molecule has 0 atom stereocenters. The second-order valence-corrected chi connectivity index (χ2v) is 14.7. The van der Waals surface area contributed by atoms with Crippen LogP contribution in [0.4, 0.5) is 0 Å². The van der Waals surface area contributed by atoms with Gasteiger partial charge in [0.1, 0.15) is 40.1 Å². The van der Waals surface area contributed by atoms with Gasteiger partial charge < -0.3 is 81.0 Å². The van der Waals surface area contributed by atoms with E-state index in [0.29, 0.717) is 160 Å². The highest BCUT2D eigenvalue weighted by atomic mass is 16.5. The summed E-state index contributed by atoms with van der Waals surface area (Å²) in [5, 5.41) is 18.0. The highest BCUT2D eigenvalue weighted by Crippen LogP contribution is 2.33. The molecule has 5 aromatic rings. The molecule has 5 rings (SSSR count). The SMILES string of the molecule is NC(N)=NCCCOc1cc(-c2cn(-c3cc(OCCCN=C(N)N)cc(OCCCN=C(N)N)c3)nn2)cc(-c2cn(-c3cc(OCCCN=C(N)N)cc(OCCCN=C(N)N)c3)nn2)c1. The zero-order chi connectivity index (χ0) is 48.7. The Balaban J connectivity index is 1.44. The van der Waals surface area contributed by atoms with Gasteiger partial charge in [0.15, 0.2) is 29.8 Å². The standard InChI is InChI=1S/C42H61N21O5/c43-38(44)53-6-1-11-64-31-17-27(36-25-62(60-58-36)29-19-32(65-12-2-7-54-39(45)46)23-33(20-29)66-13-3-8-55-40(47)48)16-28(18-31)37-26-63(61-59-37)30-21-34(67-14-4-9-56-41(49)50)24-35(22-30)68-15-5-10-57-42(51)52/h16-26H,1-15H2,(H4,43,44,53)(H4,45,46,54)(H4,47,48,55)(H4,49,50,56)(H4,51,52,57). The van der Waals surface area contributed by atoms with E-state index in [0.717, 1.165) is 0 Å². The second-order valence-electron chi connectivity index (χ2n) is 14.7. The number of guanidine groups is 5. The fourth-order valence-corrected chi connectivity index (χ4v) is 6.05. The van der Waals surface area contributed by atoms with E-state index in [1.54, 1.807) is 33.9 Å². The molecular weight excluding hydrogens is 879 g/mol. The number of nitrogens with zero attached hydrogens (tertiary/aromatic N) is 11. The van der Waals surface area contributed by atoms with Crippen LogP contribution in [-0.2, 0) is 0 Å². The van der Waals surface area contributed by atoms with E-state index in [-0.39, 0.29) is 29.8 Å². The molecule has 0 spiro atoms. The smallest absolute Gasteiger partial charge is 0.185 e. The van der Waals surface area contributed by atoms with Crippen molar-refractivity contribution in [3.63, 3.8) is 0 Å². The van der Waals surface area contributed by atoms with Gasteiger partial charge in [0.25, 0.3) is 0 Å². The van der Waals surface area contributed by atoms with Gasteiger partial charge in [-0.15, -0.1) is 10.2 Å². The van der Waals surface area contributed by atoms with Gasteiger partial charge in [-0.1, -0.05) is 10.4 Å². The first-order valence-corrected chi connectivity index (χ1v) is 21.5. The lowest BCUT2D eigenvalue weighted by Gasteiger charge is -2.12. The van der Waals surface area contributed by atoms with Gasteiger partial charge in [0.05, 0.1) is 56.8 Å². The molecule has 2 aromatic heterocycles. The summed E-state index contributed by atoms with van der Waals surface area (Å²) in [4.78, 5) is 20.1. The maximum atomic E-state index is 6.21. The third kappa shape index (κ3) is 17.7. The van der Waals surface area contributed by atoms with E-state index in [2.05, 4.69) is 45.6 Å². The first kappa shape index (κ1) is 50.3. The van der Waals surface area contributed by atoms with Gasteiger partial charge in [0, 0.05) is 112 Å². The first-order chi connectivity index (χ1) is 32.8. The Kier molecular flexibility index (Phi) is 19.5. The number of aromatic nitrogens is 6. The van der Waals surface area contributed by atoms with Gasteiger partial charge in [-0.25, -0.2) is 9.36 Å². The summed E-state index contributed by atoms with van der Waals surface area (Å²) in [5.74, 6) is 2.72. The Morgan fingerprint density at radius 1 is 0.368 bits per heavy atom. The molecule has 364 valence electrons. The molecule has 0 bridgehead atoms. The summed E-state index contributed by atoms with van der Waals surface area (Å²) in [5.41, 5.74) is 58.5. The molecule has 0 unspecified atom stereocenters. The van der Waals surface area contributed by atoms with E-state index < -0.39 is 0 Å². The third-order valence-electron chi connectivity index (χ3n) is 9.07. The number of ether oxygens (including phenoxy) is 5. The van der Waals surface area contributed by atoms with Crippen molar-refractivity contribution in [1.82, 2.24) is 30.0 Å². The molecule has 0 saturated carbocycles. The number of benzene rings is 3. The van der Waals surface area contributed by atoms with Crippen molar-refractivity contribution in [2.24, 2.45) is 82.3 Å². The predicted octanol–water partition coefficient (Wildman–Crippen LogP) is -0.607. The lowest BCUT2D eigenvalue weighted by molar-refractivity contribution is 0.297. The minimum absolute atomic E-state index is 0.00315. The number of hydrogen-bond acceptors (Lipinski definition) is 14. The summed E-state index contributed by atoms with van der Waals surface area (Å²) in [6, 6.07) is 16.5. The van der Waals surface area contributed by atoms with Crippen LogP contribution in [0.5, 0.6) is 28.7 Å². The van der Waals surface area contributed by atoms with Gasteiger partial charge in [-0.05, 0) is 18.2 Å². The van der Waals surface area contributed by atoms with E-state index in [1.165, 1.54) is 0 Å². The Morgan fingerprint density at radius 3 is 0.897 bits per heavy atom. The van der Waals surface area contributed by atoms with Crippen molar-refractivity contribution in [2.45, 2.75) is 32.1 Å². The largest absolute Gasteiger partial charge is 0.493 e. The molecule has 3 aromatic carbocycles. The average molecular weight is 940 g/mol. The van der Waals surface area contributed by atoms with Crippen LogP contribution in [0.25, 0.3) is 33.9 Å². The van der Waals surface area contributed by atoms with Gasteiger partial charge in [0.2, 0.25) is 0 Å². The van der Waals surface area contributed by atoms with E-state index in [1.807, 2.05) is 42.5 Å². The highest BCUT2D eigenvalue weighted by Gasteiger charge is 2.16. The molecule has 26 nitrogen and oxygen atoms in total. The zero-order valence-corrected chi connectivity index (χ0v) is 37.7. The van der Waals surface area contributed by atoms with E-state index in [9.17, 15) is 0 Å². The first-order valence-electron chi connectivity index (χ1n) is 21.5. The quantitative estimate of drug-likeness (QED) is 0.0162. The molecule has 0 fully saturated rings. The van der Waals surface area contributed by atoms with Crippen LogP contribution in [0.2, 0.25) is 0 Å². The summed E-state index contributed by atoms with van der Waals surface area (Å²) in [7, 11) is 0. The van der Waals surface area contributed by atoms with Crippen LogP contribution >= 0.6 is 0 Å². The number of aliphatic imine (C=N–C) groups is 5. The Labute approximate surface area is 392 Å². The van der Waals surface area contributed by atoms with Crippen LogP contribution in [0.1, 0.15) is 32.1 Å². The average Bonchev–Trinajstić information content (AvgIpc) is 4.00. The summed E-state index contributed by atoms with van der Waals surface area (Å²) in [6.45, 7) is 3.72. The van der Waals surface area contributed by atoms with Crippen LogP contribution in [0.15, 0.2) is 92.0 Å². The van der Waals surface area contributed by atoms with Crippen LogP contribution in [0, 0.1) is 0 Å². The fraction of sp³-hybridized carbons (Fsp3) is 0.357. The topological polar surface area (TPSA) is 430 Å². The molecular formula is C42H61N21O5. The van der Waals surface area contributed by atoms with E-state index in [4.69, 9.17) is 81.0 Å². The molecule has 0 amide bonds. The van der Waals surface area contributed by atoms with Gasteiger partial charge in [-0.3, -0.25) is 25.0 Å². The summed E-state index contributed by atoms with van der Waals surface area (Å²) >= 11 is 0. The maximum absolute atomic E-state index is 6.21. The van der Waals surface area contributed by atoms with Gasteiger partial charge in [-0.2, -0.15) is 0 Å². The van der Waals surface area contributed by atoms with Crippen molar-refractivity contribution in [3.05, 3.63) is 67.0 Å². The Morgan fingerprint density at radius 2 is 0.632 bits per heavy atom. The van der Waals surface area contributed by atoms with Crippen LogP contribution in [0.3, 0.4) is 0 Å². The van der Waals surface area contributed by atoms with Crippen LogP contribution < -0.4 is 81.0 Å². The maximum Gasteiger partial charge on any atom is 0.185 e. The summed E-state index contributed by atoms with van der Waals surface area (Å²) in [6.07, 6.45) is 6.43. The summed E-state index contributed by atoms with van der Waals surface area (Å²) < 4.78 is 33.7. The van der Waals surface area contributed by atoms with Crippen molar-refractivity contribution in [2.75, 3.05) is 65.8 Å². The van der Waals surface area contributed by atoms with Crippen LogP contribution in [-0.4, -0.2) is 126 Å². The van der Waals surface area contributed by atoms with Crippen molar-refractivity contribution in [3.8, 4) is 62.6 Å². The minimum Gasteiger partial charge on any atom is -0.493 e. The van der Waals surface area contributed by atoms with E-state index >= 15 is 0 Å². The number of rotatable bonds is 29. The molecule has 0 aliphatic rings. The molecule has 26 heteroatoms. The molecule has 0 radical (unpaired) electrons. The predicted molar refractivity (Wildman–Crippen MR) is 261 cm³/mol. The molecule has 2 heterocycles. The normalized spacial score (nSPS) is 10.6. The van der Waals surface area contributed by atoms with Crippen molar-refractivity contribution < 1.29 is 23.7 Å². The fourth-order valence-electron chi connectivity index (χ4n) is 6.05. The zero-order valence-electron chi connectivity index (χ0n) is 37.7. The Hall–Kier alpha value is -8.71. The molecule has 0 aliphatic carbocycles. The highest BCUT2D eigenvalue weighted by molar-refractivity contribution is 5.77. The third-order valence-corrected chi connectivity index (χ3v) is 9.07. The Bertz CT molecular complexity index is 2270. The molecule has 0 aliphatic heterocycles. The van der Waals surface area contributed by atoms with Gasteiger partial charge >= 0.3 is 0 Å². The molecule has 0 saturated heterocycles. The minimum atomic E-state index is 0.00315. The lowest BCUT2D eigenvalue weighted by atomic mass is 10.1. The second kappa shape index (κ2) is 26.3. The number of hydrogen-bond donors (Lipinski definition) is 10. The lowest BCUT2D eigenvalue weighted by Crippen LogP contribution is -2.23.